The summed E-state index contributed by atoms with van der Waals surface area (Å²) in [6.45, 7) is 0. The molecule has 0 heterocycles. The lowest BCUT2D eigenvalue weighted by Crippen LogP contribution is -2.47. The highest BCUT2D eigenvalue weighted by Gasteiger charge is 2.73. The van der Waals surface area contributed by atoms with Gasteiger partial charge in [-0.3, -0.25) is 0 Å². The molecule has 0 aromatic rings. The fraction of sp³-hybridized carbons (Fsp3) is 0.600. The zero-order valence-corrected chi connectivity index (χ0v) is 4.92. The third-order valence-electron chi connectivity index (χ3n) is 1.34. The second-order valence-corrected chi connectivity index (χ2v) is 2.15. The van der Waals surface area contributed by atoms with Crippen molar-refractivity contribution in [3.05, 3.63) is 12.2 Å². The predicted molar refractivity (Wildman–Crippen MR) is 24.0 cm³/mol. The van der Waals surface area contributed by atoms with E-state index in [0.717, 1.165) is 0 Å². The number of hydrogen-bond acceptors (Lipinski definition) is 0. The van der Waals surface area contributed by atoms with Crippen molar-refractivity contribution in [1.82, 2.24) is 0 Å². The fourth-order valence-electron chi connectivity index (χ4n) is 0.641. The van der Waals surface area contributed by atoms with E-state index in [-0.39, 0.29) is 0 Å². The van der Waals surface area contributed by atoms with Crippen LogP contribution < -0.4 is 0 Å². The summed E-state index contributed by atoms with van der Waals surface area (Å²) in [5, 5.41) is 0. The second kappa shape index (κ2) is 1.73. The lowest BCUT2D eigenvalue weighted by atomic mass is 10.2. The second-order valence-electron chi connectivity index (χ2n) is 2.15. The molecule has 0 spiro atoms. The maximum Gasteiger partial charge on any atom is 0.379 e. The van der Waals surface area contributed by atoms with E-state index >= 15 is 0 Å². The molecule has 0 unspecified atom stereocenters. The van der Waals surface area contributed by atoms with Crippen LogP contribution in [0.15, 0.2) is 12.2 Å². The van der Waals surface area contributed by atoms with E-state index < -0.39 is 29.9 Å². The zero-order valence-electron chi connectivity index (χ0n) is 4.92. The van der Waals surface area contributed by atoms with E-state index in [1.54, 1.807) is 0 Å². The van der Waals surface area contributed by atoms with Gasteiger partial charge in [0.25, 0.3) is 0 Å². The lowest BCUT2D eigenvalue weighted by Gasteiger charge is -2.22. The van der Waals surface area contributed by atoms with E-state index in [4.69, 9.17) is 0 Å². The molecular weight excluding hydrogens is 174 g/mol. The molecule has 6 heteroatoms. The van der Waals surface area contributed by atoms with Gasteiger partial charge in [0, 0.05) is 0 Å². The Morgan fingerprint density at radius 3 is 1.00 bits per heavy atom. The molecule has 0 atom stereocenters. The smallest absolute Gasteiger partial charge is 0.195 e. The molecule has 0 N–H and O–H groups in total. The molecule has 0 saturated heterocycles. The number of rotatable bonds is 0. The maximum atomic E-state index is 11.9. The quantitative estimate of drug-likeness (QED) is 0.392. The summed E-state index contributed by atoms with van der Waals surface area (Å²) in [6, 6.07) is 0. The summed E-state index contributed by atoms with van der Waals surface area (Å²) in [5.74, 6) is -14.8. The van der Waals surface area contributed by atoms with Gasteiger partial charge in [0.1, 0.15) is 0 Å². The molecule has 1 aliphatic carbocycles. The van der Waals surface area contributed by atoms with Crippen LogP contribution in [0.4, 0.5) is 26.3 Å². The van der Waals surface area contributed by atoms with Crippen LogP contribution in [0.2, 0.25) is 0 Å². The van der Waals surface area contributed by atoms with Crippen molar-refractivity contribution in [2.75, 3.05) is 0 Å². The van der Waals surface area contributed by atoms with Crippen molar-refractivity contribution >= 4 is 0 Å². The SMILES string of the molecule is FC1(F)C=CC(F)(F)C1(F)F. The molecule has 0 radical (unpaired) electrons. The summed E-state index contributed by atoms with van der Waals surface area (Å²) in [6.07, 6.45) is -0.958. The molecule has 0 fully saturated rings. The zero-order chi connectivity index (χ0) is 8.91. The maximum absolute atomic E-state index is 11.9. The number of allylic oxidation sites excluding steroid dienone is 2. The minimum atomic E-state index is -5.29. The summed E-state index contributed by atoms with van der Waals surface area (Å²) < 4.78 is 71.5. The van der Waals surface area contributed by atoms with E-state index in [0.29, 0.717) is 0 Å². The van der Waals surface area contributed by atoms with Gasteiger partial charge in [-0.15, -0.1) is 0 Å². The first-order valence-corrected chi connectivity index (χ1v) is 2.54. The number of alkyl halides is 6. The standard InChI is InChI=1S/C5H2F6/c6-3(7)1-2-4(8,9)5(3,10)11/h1-2H. The van der Waals surface area contributed by atoms with Crippen LogP contribution in [0.1, 0.15) is 0 Å². The first kappa shape index (κ1) is 8.42. The minimum Gasteiger partial charge on any atom is -0.195 e. The summed E-state index contributed by atoms with van der Waals surface area (Å²) >= 11 is 0. The van der Waals surface area contributed by atoms with Crippen molar-refractivity contribution in [2.45, 2.75) is 17.8 Å². The average molecular weight is 176 g/mol. The van der Waals surface area contributed by atoms with Gasteiger partial charge >= 0.3 is 17.8 Å². The van der Waals surface area contributed by atoms with E-state index in [2.05, 4.69) is 0 Å². The Morgan fingerprint density at radius 1 is 0.636 bits per heavy atom. The Labute approximate surface area is 57.5 Å². The summed E-state index contributed by atoms with van der Waals surface area (Å²) in [4.78, 5) is 0. The molecule has 0 saturated carbocycles. The van der Waals surface area contributed by atoms with Crippen molar-refractivity contribution in [1.29, 1.82) is 0 Å². The van der Waals surface area contributed by atoms with Crippen LogP contribution in [0.3, 0.4) is 0 Å². The monoisotopic (exact) mass is 176 g/mol. The molecule has 0 aromatic carbocycles. The van der Waals surface area contributed by atoms with Gasteiger partial charge in [0.15, 0.2) is 0 Å². The highest BCUT2D eigenvalue weighted by Crippen LogP contribution is 2.51. The average Bonchev–Trinajstić information content (AvgIpc) is 1.93. The van der Waals surface area contributed by atoms with Crippen molar-refractivity contribution in [3.8, 4) is 0 Å². The van der Waals surface area contributed by atoms with Gasteiger partial charge in [-0.2, -0.15) is 26.3 Å². The topological polar surface area (TPSA) is 0 Å². The third-order valence-corrected chi connectivity index (χ3v) is 1.34. The normalized spacial score (nSPS) is 30.7. The minimum absolute atomic E-state index is 0.479. The van der Waals surface area contributed by atoms with Gasteiger partial charge in [0.2, 0.25) is 0 Å². The fourth-order valence-corrected chi connectivity index (χ4v) is 0.641. The third kappa shape index (κ3) is 0.844. The van der Waals surface area contributed by atoms with Crippen LogP contribution in [0.5, 0.6) is 0 Å². The van der Waals surface area contributed by atoms with E-state index in [9.17, 15) is 26.3 Å². The molecular formula is C5H2F6. The number of halogens is 6. The molecule has 1 aliphatic rings. The van der Waals surface area contributed by atoms with Gasteiger partial charge in [0.05, 0.1) is 0 Å². The first-order chi connectivity index (χ1) is 4.71. The molecule has 64 valence electrons. The van der Waals surface area contributed by atoms with Crippen LogP contribution in [0, 0.1) is 0 Å². The Hall–Kier alpha value is -0.680. The van der Waals surface area contributed by atoms with Crippen LogP contribution in [-0.2, 0) is 0 Å². The molecule has 0 amide bonds. The van der Waals surface area contributed by atoms with Crippen LogP contribution in [0.25, 0.3) is 0 Å². The van der Waals surface area contributed by atoms with Gasteiger partial charge < -0.3 is 0 Å². The molecule has 1 rings (SSSR count). The van der Waals surface area contributed by atoms with Crippen molar-refractivity contribution in [2.24, 2.45) is 0 Å². The molecule has 0 nitrogen and oxygen atoms in total. The lowest BCUT2D eigenvalue weighted by molar-refractivity contribution is -0.259. The van der Waals surface area contributed by atoms with Gasteiger partial charge in [-0.05, 0) is 12.2 Å². The predicted octanol–water partition coefficient (Wildman–Crippen LogP) is 2.46. The molecule has 11 heavy (non-hydrogen) atoms. The Morgan fingerprint density at radius 2 is 0.909 bits per heavy atom. The first-order valence-electron chi connectivity index (χ1n) is 2.54. The largest absolute Gasteiger partial charge is 0.379 e. The Balaban J connectivity index is 3.09. The van der Waals surface area contributed by atoms with Crippen molar-refractivity contribution < 1.29 is 26.3 Å². The summed E-state index contributed by atoms with van der Waals surface area (Å²) in [5.41, 5.74) is 0. The Kier molecular flexibility index (Phi) is 1.32. The van der Waals surface area contributed by atoms with Crippen molar-refractivity contribution in [3.63, 3.8) is 0 Å². The highest BCUT2D eigenvalue weighted by molar-refractivity contribution is 5.22. The van der Waals surface area contributed by atoms with Crippen LogP contribution >= 0.6 is 0 Å². The molecule has 0 aliphatic heterocycles. The summed E-state index contributed by atoms with van der Waals surface area (Å²) in [7, 11) is 0. The Bertz CT molecular complexity index is 183. The van der Waals surface area contributed by atoms with E-state index in [1.807, 2.05) is 0 Å². The van der Waals surface area contributed by atoms with Gasteiger partial charge in [-0.25, -0.2) is 0 Å². The number of hydrogen-bond donors (Lipinski definition) is 0. The van der Waals surface area contributed by atoms with Gasteiger partial charge in [-0.1, -0.05) is 0 Å². The van der Waals surface area contributed by atoms with Crippen LogP contribution in [-0.4, -0.2) is 17.8 Å². The highest BCUT2D eigenvalue weighted by atomic mass is 19.3. The molecule has 0 bridgehead atoms. The molecule has 0 aromatic heterocycles. The van der Waals surface area contributed by atoms with E-state index in [1.165, 1.54) is 0 Å².